The number of methoxy groups -OCH3 is 1. The fourth-order valence-corrected chi connectivity index (χ4v) is 1.30. The Morgan fingerprint density at radius 3 is 2.73 bits per heavy atom. The molecular formula is C11H24N2O2. The molecule has 0 rings (SSSR count). The number of carbonyl (C=O) groups is 1. The SMILES string of the molecule is CCCC[C@H](N)C(=O)NCC(C)COC. The van der Waals surface area contributed by atoms with E-state index in [1.807, 2.05) is 6.92 Å². The second-order valence-corrected chi connectivity index (χ2v) is 4.05. The summed E-state index contributed by atoms with van der Waals surface area (Å²) in [5.41, 5.74) is 5.72. The lowest BCUT2D eigenvalue weighted by molar-refractivity contribution is -0.122. The summed E-state index contributed by atoms with van der Waals surface area (Å²) in [6, 6.07) is -0.361. The molecule has 0 aliphatic heterocycles. The van der Waals surface area contributed by atoms with Crippen molar-refractivity contribution in [1.29, 1.82) is 0 Å². The van der Waals surface area contributed by atoms with Crippen molar-refractivity contribution in [3.05, 3.63) is 0 Å². The van der Waals surface area contributed by atoms with Gasteiger partial charge < -0.3 is 15.8 Å². The molecule has 0 saturated carbocycles. The Labute approximate surface area is 92.6 Å². The summed E-state index contributed by atoms with van der Waals surface area (Å²) in [6.45, 7) is 5.41. The third-order valence-corrected chi connectivity index (χ3v) is 2.28. The van der Waals surface area contributed by atoms with E-state index < -0.39 is 0 Å². The maximum absolute atomic E-state index is 11.5. The third kappa shape index (κ3) is 7.33. The van der Waals surface area contributed by atoms with Crippen LogP contribution in [-0.2, 0) is 9.53 Å². The highest BCUT2D eigenvalue weighted by Crippen LogP contribution is 1.99. The Bertz CT molecular complexity index is 174. The number of rotatable bonds is 8. The lowest BCUT2D eigenvalue weighted by atomic mass is 10.1. The summed E-state index contributed by atoms with van der Waals surface area (Å²) in [7, 11) is 1.66. The van der Waals surface area contributed by atoms with Gasteiger partial charge in [0.15, 0.2) is 0 Å². The molecule has 0 fully saturated rings. The smallest absolute Gasteiger partial charge is 0.236 e. The molecule has 0 aromatic carbocycles. The first-order valence-electron chi connectivity index (χ1n) is 5.64. The van der Waals surface area contributed by atoms with Crippen LogP contribution < -0.4 is 11.1 Å². The van der Waals surface area contributed by atoms with Crippen molar-refractivity contribution in [2.45, 2.75) is 39.2 Å². The van der Waals surface area contributed by atoms with Gasteiger partial charge in [0.05, 0.1) is 12.6 Å². The van der Waals surface area contributed by atoms with E-state index in [1.165, 1.54) is 0 Å². The molecule has 4 nitrogen and oxygen atoms in total. The first-order chi connectivity index (χ1) is 7.11. The summed E-state index contributed by atoms with van der Waals surface area (Å²) in [6.07, 6.45) is 2.84. The van der Waals surface area contributed by atoms with Crippen molar-refractivity contribution in [3.63, 3.8) is 0 Å². The van der Waals surface area contributed by atoms with Crippen LogP contribution in [0.3, 0.4) is 0 Å². The number of carbonyl (C=O) groups excluding carboxylic acids is 1. The van der Waals surface area contributed by atoms with E-state index in [1.54, 1.807) is 7.11 Å². The molecule has 1 amide bonds. The molecule has 4 heteroatoms. The topological polar surface area (TPSA) is 64.4 Å². The van der Waals surface area contributed by atoms with Crippen LogP contribution in [0.15, 0.2) is 0 Å². The third-order valence-electron chi connectivity index (χ3n) is 2.28. The van der Waals surface area contributed by atoms with Gasteiger partial charge in [-0.05, 0) is 12.3 Å². The van der Waals surface area contributed by atoms with Crippen molar-refractivity contribution in [2.75, 3.05) is 20.3 Å². The standard InChI is InChI=1S/C11H24N2O2/c1-4-5-6-10(12)11(14)13-7-9(2)8-15-3/h9-10H,4-8,12H2,1-3H3,(H,13,14)/t9?,10-/m0/s1. The average Bonchev–Trinajstić information content (AvgIpc) is 2.22. The zero-order valence-corrected chi connectivity index (χ0v) is 10.1. The molecule has 0 heterocycles. The summed E-state index contributed by atoms with van der Waals surface area (Å²) >= 11 is 0. The van der Waals surface area contributed by atoms with Crippen LogP contribution in [0.25, 0.3) is 0 Å². The molecule has 2 atom stereocenters. The van der Waals surface area contributed by atoms with Gasteiger partial charge in [0.2, 0.25) is 5.91 Å². The predicted molar refractivity (Wildman–Crippen MR) is 61.6 cm³/mol. The average molecular weight is 216 g/mol. The fourth-order valence-electron chi connectivity index (χ4n) is 1.30. The molecule has 0 aromatic rings. The highest BCUT2D eigenvalue weighted by molar-refractivity contribution is 5.81. The van der Waals surface area contributed by atoms with E-state index in [4.69, 9.17) is 10.5 Å². The molecule has 15 heavy (non-hydrogen) atoms. The molecule has 90 valence electrons. The van der Waals surface area contributed by atoms with Crippen LogP contribution in [-0.4, -0.2) is 32.2 Å². The van der Waals surface area contributed by atoms with Crippen molar-refractivity contribution in [3.8, 4) is 0 Å². The van der Waals surface area contributed by atoms with Gasteiger partial charge in [0.1, 0.15) is 0 Å². The van der Waals surface area contributed by atoms with Crippen LogP contribution in [0.5, 0.6) is 0 Å². The monoisotopic (exact) mass is 216 g/mol. The lowest BCUT2D eigenvalue weighted by Gasteiger charge is -2.14. The summed E-state index contributed by atoms with van der Waals surface area (Å²) in [4.78, 5) is 11.5. The molecule has 0 aliphatic carbocycles. The van der Waals surface area contributed by atoms with E-state index in [9.17, 15) is 4.79 Å². The molecule has 0 radical (unpaired) electrons. The molecule has 0 aliphatic rings. The largest absolute Gasteiger partial charge is 0.384 e. The van der Waals surface area contributed by atoms with Crippen molar-refractivity contribution in [2.24, 2.45) is 11.7 Å². The van der Waals surface area contributed by atoms with Gasteiger partial charge in [-0.25, -0.2) is 0 Å². The van der Waals surface area contributed by atoms with Gasteiger partial charge in [-0.2, -0.15) is 0 Å². The Morgan fingerprint density at radius 2 is 2.20 bits per heavy atom. The lowest BCUT2D eigenvalue weighted by Crippen LogP contribution is -2.42. The maximum atomic E-state index is 11.5. The van der Waals surface area contributed by atoms with Gasteiger partial charge in [-0.3, -0.25) is 4.79 Å². The molecular weight excluding hydrogens is 192 g/mol. The van der Waals surface area contributed by atoms with E-state index in [-0.39, 0.29) is 11.9 Å². The zero-order chi connectivity index (χ0) is 11.7. The highest BCUT2D eigenvalue weighted by atomic mass is 16.5. The van der Waals surface area contributed by atoms with E-state index >= 15 is 0 Å². The van der Waals surface area contributed by atoms with Crippen molar-refractivity contribution in [1.82, 2.24) is 5.32 Å². The van der Waals surface area contributed by atoms with Gasteiger partial charge in [0.25, 0.3) is 0 Å². The van der Waals surface area contributed by atoms with Crippen LogP contribution in [0.4, 0.5) is 0 Å². The quantitative estimate of drug-likeness (QED) is 0.633. The van der Waals surface area contributed by atoms with E-state index in [0.29, 0.717) is 19.1 Å². The van der Waals surface area contributed by atoms with E-state index in [2.05, 4.69) is 12.2 Å². The van der Waals surface area contributed by atoms with Gasteiger partial charge in [-0.15, -0.1) is 0 Å². The molecule has 0 bridgehead atoms. The Morgan fingerprint density at radius 1 is 1.53 bits per heavy atom. The molecule has 0 saturated heterocycles. The van der Waals surface area contributed by atoms with Crippen LogP contribution in [0, 0.1) is 5.92 Å². The number of unbranched alkanes of at least 4 members (excludes halogenated alkanes) is 1. The number of hydrogen-bond acceptors (Lipinski definition) is 3. The van der Waals surface area contributed by atoms with Crippen molar-refractivity contribution >= 4 is 5.91 Å². The van der Waals surface area contributed by atoms with Gasteiger partial charge in [0, 0.05) is 13.7 Å². The van der Waals surface area contributed by atoms with Crippen LogP contribution in [0.1, 0.15) is 33.1 Å². The normalized spacial score (nSPS) is 14.7. The van der Waals surface area contributed by atoms with Crippen LogP contribution >= 0.6 is 0 Å². The van der Waals surface area contributed by atoms with E-state index in [0.717, 1.165) is 19.3 Å². The predicted octanol–water partition coefficient (Wildman–Crippen LogP) is 0.903. The van der Waals surface area contributed by atoms with Gasteiger partial charge in [-0.1, -0.05) is 26.7 Å². The number of nitrogens with one attached hydrogen (secondary N) is 1. The Balaban J connectivity index is 3.63. The zero-order valence-electron chi connectivity index (χ0n) is 10.1. The summed E-state index contributed by atoms with van der Waals surface area (Å²) in [5, 5.41) is 2.83. The van der Waals surface area contributed by atoms with Gasteiger partial charge >= 0.3 is 0 Å². The fraction of sp³-hybridized carbons (Fsp3) is 0.909. The highest BCUT2D eigenvalue weighted by Gasteiger charge is 2.13. The summed E-state index contributed by atoms with van der Waals surface area (Å²) in [5.74, 6) is 0.281. The first-order valence-corrected chi connectivity index (χ1v) is 5.64. The second-order valence-electron chi connectivity index (χ2n) is 4.05. The second kappa shape index (κ2) is 8.68. The molecule has 0 spiro atoms. The Kier molecular flexibility index (Phi) is 8.33. The number of amides is 1. The number of nitrogens with two attached hydrogens (primary N) is 1. The number of ether oxygens (including phenoxy) is 1. The van der Waals surface area contributed by atoms with Crippen molar-refractivity contribution < 1.29 is 9.53 Å². The Hall–Kier alpha value is -0.610. The maximum Gasteiger partial charge on any atom is 0.236 e. The molecule has 1 unspecified atom stereocenters. The number of hydrogen-bond donors (Lipinski definition) is 2. The summed E-state index contributed by atoms with van der Waals surface area (Å²) < 4.78 is 4.98. The molecule has 0 aromatic heterocycles. The minimum Gasteiger partial charge on any atom is -0.384 e. The minimum absolute atomic E-state index is 0.0496. The molecule has 3 N–H and O–H groups in total. The first kappa shape index (κ1) is 14.4. The minimum atomic E-state index is -0.361. The van der Waals surface area contributed by atoms with Crippen LogP contribution in [0.2, 0.25) is 0 Å².